The molecule has 7 nitrogen and oxygen atoms in total. The third-order valence-electron chi connectivity index (χ3n) is 5.19. The van der Waals surface area contributed by atoms with Crippen LogP contribution in [0.1, 0.15) is 48.1 Å². The van der Waals surface area contributed by atoms with E-state index in [9.17, 15) is 9.59 Å². The Morgan fingerprint density at radius 2 is 1.94 bits per heavy atom. The van der Waals surface area contributed by atoms with Gasteiger partial charge in [-0.2, -0.15) is 0 Å². The zero-order valence-electron chi connectivity index (χ0n) is 20.4. The predicted molar refractivity (Wildman–Crippen MR) is 147 cm³/mol. The SMILES string of the molecule is C=CCn1c(SCC(=O)Nc2cccc(C)c2)nnc1[C@H](CC(C)C)NC(=O)c1ccc(Cl)cc1Cl. The first-order chi connectivity index (χ1) is 17.2. The zero-order valence-corrected chi connectivity index (χ0v) is 22.8. The van der Waals surface area contributed by atoms with Crippen LogP contribution in [0.3, 0.4) is 0 Å². The van der Waals surface area contributed by atoms with Gasteiger partial charge in [-0.25, -0.2) is 0 Å². The van der Waals surface area contributed by atoms with Crippen molar-refractivity contribution in [1.29, 1.82) is 0 Å². The van der Waals surface area contributed by atoms with Gasteiger partial charge >= 0.3 is 0 Å². The Hall–Kier alpha value is -2.81. The Morgan fingerprint density at radius 3 is 2.61 bits per heavy atom. The number of halogens is 2. The van der Waals surface area contributed by atoms with Gasteiger partial charge in [0.25, 0.3) is 5.91 Å². The van der Waals surface area contributed by atoms with Gasteiger partial charge in [-0.1, -0.05) is 67.0 Å². The molecule has 10 heteroatoms. The standard InChI is InChI=1S/C26H29Cl2N5O2S/c1-5-11-33-24(22(12-16(2)3)30-25(35)20-10-9-18(27)14-21(20)28)31-32-26(33)36-15-23(34)29-19-8-6-7-17(4)13-19/h5-10,13-14,16,22H,1,11-12,15H2,2-4H3,(H,29,34)(H,30,35)/t22-/m0/s1. The van der Waals surface area contributed by atoms with E-state index in [-0.39, 0.29) is 28.5 Å². The summed E-state index contributed by atoms with van der Waals surface area (Å²) in [5.74, 6) is 0.529. The number of aryl methyl sites for hydroxylation is 1. The lowest BCUT2D eigenvalue weighted by molar-refractivity contribution is -0.113. The first-order valence-corrected chi connectivity index (χ1v) is 13.2. The van der Waals surface area contributed by atoms with Gasteiger partial charge in [-0.3, -0.25) is 9.59 Å². The van der Waals surface area contributed by atoms with Crippen LogP contribution in [0, 0.1) is 12.8 Å². The summed E-state index contributed by atoms with van der Waals surface area (Å²) in [5, 5.41) is 15.9. The zero-order chi connectivity index (χ0) is 26.2. The minimum absolute atomic E-state index is 0.148. The molecule has 2 amide bonds. The lowest BCUT2D eigenvalue weighted by Gasteiger charge is -2.21. The number of rotatable bonds is 11. The molecule has 190 valence electrons. The van der Waals surface area contributed by atoms with Crippen molar-refractivity contribution in [2.75, 3.05) is 11.1 Å². The molecule has 0 saturated carbocycles. The monoisotopic (exact) mass is 545 g/mol. The number of anilines is 1. The number of amides is 2. The fraction of sp³-hybridized carbons (Fsp3) is 0.308. The summed E-state index contributed by atoms with van der Waals surface area (Å²) in [7, 11) is 0. The van der Waals surface area contributed by atoms with Crippen molar-refractivity contribution in [3.05, 3.63) is 82.1 Å². The highest BCUT2D eigenvalue weighted by Gasteiger charge is 2.25. The molecule has 0 fully saturated rings. The van der Waals surface area contributed by atoms with E-state index < -0.39 is 6.04 Å². The van der Waals surface area contributed by atoms with Crippen LogP contribution in [-0.2, 0) is 11.3 Å². The van der Waals surface area contributed by atoms with E-state index in [1.54, 1.807) is 18.2 Å². The van der Waals surface area contributed by atoms with Crippen molar-refractivity contribution >= 4 is 52.5 Å². The lowest BCUT2D eigenvalue weighted by Crippen LogP contribution is -2.32. The number of hydrogen-bond acceptors (Lipinski definition) is 5. The van der Waals surface area contributed by atoms with Crippen molar-refractivity contribution < 1.29 is 9.59 Å². The van der Waals surface area contributed by atoms with Gasteiger partial charge in [0.05, 0.1) is 22.4 Å². The Kier molecular flexibility index (Phi) is 9.98. The summed E-state index contributed by atoms with van der Waals surface area (Å²) in [4.78, 5) is 25.6. The Labute approximate surface area is 225 Å². The topological polar surface area (TPSA) is 88.9 Å². The van der Waals surface area contributed by atoms with Gasteiger partial charge in [-0.05, 0) is 55.2 Å². The number of thioether (sulfide) groups is 1. The summed E-state index contributed by atoms with van der Waals surface area (Å²) in [5.41, 5.74) is 2.13. The molecule has 2 aromatic carbocycles. The van der Waals surface area contributed by atoms with Gasteiger partial charge < -0.3 is 15.2 Å². The minimum Gasteiger partial charge on any atom is -0.342 e. The maximum Gasteiger partial charge on any atom is 0.253 e. The predicted octanol–water partition coefficient (Wildman–Crippen LogP) is 6.33. The first-order valence-electron chi connectivity index (χ1n) is 11.5. The average Bonchev–Trinajstić information content (AvgIpc) is 3.19. The van der Waals surface area contributed by atoms with Crippen LogP contribution in [0.2, 0.25) is 10.0 Å². The number of nitrogens with zero attached hydrogens (tertiary/aromatic N) is 3. The molecule has 0 aliphatic carbocycles. The molecule has 3 rings (SSSR count). The summed E-state index contributed by atoms with van der Waals surface area (Å²) in [6.45, 7) is 10.4. The molecule has 1 heterocycles. The van der Waals surface area contributed by atoms with Crippen LogP contribution in [0.5, 0.6) is 0 Å². The molecule has 1 atom stereocenters. The third-order valence-corrected chi connectivity index (χ3v) is 6.71. The molecule has 36 heavy (non-hydrogen) atoms. The van der Waals surface area contributed by atoms with E-state index in [4.69, 9.17) is 23.2 Å². The average molecular weight is 547 g/mol. The van der Waals surface area contributed by atoms with Crippen LogP contribution >= 0.6 is 35.0 Å². The largest absolute Gasteiger partial charge is 0.342 e. The van der Waals surface area contributed by atoms with E-state index in [1.807, 2.05) is 35.8 Å². The smallest absolute Gasteiger partial charge is 0.253 e. The number of allylic oxidation sites excluding steroid dienone is 1. The molecular weight excluding hydrogens is 517 g/mol. The molecule has 0 saturated heterocycles. The number of benzene rings is 2. The van der Waals surface area contributed by atoms with Crippen LogP contribution in [0.4, 0.5) is 5.69 Å². The normalized spacial score (nSPS) is 11.8. The van der Waals surface area contributed by atoms with E-state index >= 15 is 0 Å². The molecule has 0 aliphatic rings. The van der Waals surface area contributed by atoms with E-state index in [0.717, 1.165) is 11.3 Å². The Bertz CT molecular complexity index is 1240. The van der Waals surface area contributed by atoms with Crippen molar-refractivity contribution in [3.8, 4) is 0 Å². The molecule has 0 bridgehead atoms. The number of carbonyl (C=O) groups excluding carboxylic acids is 2. The highest BCUT2D eigenvalue weighted by atomic mass is 35.5. The Balaban J connectivity index is 1.78. The maximum absolute atomic E-state index is 13.1. The maximum atomic E-state index is 13.1. The third kappa shape index (κ3) is 7.59. The summed E-state index contributed by atoms with van der Waals surface area (Å²) in [6, 6.07) is 11.9. The van der Waals surface area contributed by atoms with Crippen LogP contribution in [0.25, 0.3) is 0 Å². The van der Waals surface area contributed by atoms with Crippen molar-refractivity contribution in [2.24, 2.45) is 5.92 Å². The van der Waals surface area contributed by atoms with E-state index in [1.165, 1.54) is 17.8 Å². The molecule has 1 aromatic heterocycles. The van der Waals surface area contributed by atoms with Gasteiger partial charge in [0.2, 0.25) is 5.91 Å². The molecule has 3 aromatic rings. The second kappa shape index (κ2) is 12.9. The van der Waals surface area contributed by atoms with Crippen molar-refractivity contribution in [1.82, 2.24) is 20.1 Å². The summed E-state index contributed by atoms with van der Waals surface area (Å²) in [6.07, 6.45) is 2.36. The summed E-state index contributed by atoms with van der Waals surface area (Å²) < 4.78 is 1.87. The molecular formula is C26H29Cl2N5O2S. The van der Waals surface area contributed by atoms with Gasteiger partial charge in [-0.15, -0.1) is 16.8 Å². The number of carbonyl (C=O) groups is 2. The fourth-order valence-electron chi connectivity index (χ4n) is 3.63. The summed E-state index contributed by atoms with van der Waals surface area (Å²) >= 11 is 13.5. The van der Waals surface area contributed by atoms with E-state index in [2.05, 4.69) is 41.3 Å². The van der Waals surface area contributed by atoms with Gasteiger partial charge in [0.1, 0.15) is 0 Å². The molecule has 0 aliphatic heterocycles. The van der Waals surface area contributed by atoms with E-state index in [0.29, 0.717) is 34.5 Å². The van der Waals surface area contributed by atoms with Gasteiger partial charge in [0.15, 0.2) is 11.0 Å². The second-order valence-electron chi connectivity index (χ2n) is 8.73. The molecule has 0 spiro atoms. The van der Waals surface area contributed by atoms with Crippen molar-refractivity contribution in [3.63, 3.8) is 0 Å². The second-order valence-corrected chi connectivity index (χ2v) is 10.5. The number of hydrogen-bond donors (Lipinski definition) is 2. The van der Waals surface area contributed by atoms with Crippen LogP contribution in [-0.4, -0.2) is 32.3 Å². The van der Waals surface area contributed by atoms with Gasteiger partial charge in [0, 0.05) is 17.3 Å². The highest BCUT2D eigenvalue weighted by Crippen LogP contribution is 2.27. The molecule has 0 radical (unpaired) electrons. The number of aromatic nitrogens is 3. The lowest BCUT2D eigenvalue weighted by atomic mass is 10.0. The van der Waals surface area contributed by atoms with Crippen LogP contribution in [0.15, 0.2) is 60.3 Å². The fourth-order valence-corrected chi connectivity index (χ4v) is 4.87. The highest BCUT2D eigenvalue weighted by molar-refractivity contribution is 7.99. The number of nitrogens with one attached hydrogen (secondary N) is 2. The first kappa shape index (κ1) is 27.8. The van der Waals surface area contributed by atoms with Crippen LogP contribution < -0.4 is 10.6 Å². The minimum atomic E-state index is -0.424. The molecule has 2 N–H and O–H groups in total. The molecule has 0 unspecified atom stereocenters. The van der Waals surface area contributed by atoms with Crippen molar-refractivity contribution in [2.45, 2.75) is 44.9 Å². The quantitative estimate of drug-likeness (QED) is 0.217. The Morgan fingerprint density at radius 1 is 1.17 bits per heavy atom.